The molecular weight excluding hydrogens is 327 g/mol. The quantitative estimate of drug-likeness (QED) is 0.876. The fourth-order valence-electron chi connectivity index (χ4n) is 2.00. The third-order valence-electron chi connectivity index (χ3n) is 3.24. The van der Waals surface area contributed by atoms with Crippen LogP contribution in [0.5, 0.6) is 0 Å². The number of halogens is 3. The van der Waals surface area contributed by atoms with Gasteiger partial charge in [0.25, 0.3) is 0 Å². The van der Waals surface area contributed by atoms with Crippen LogP contribution in [-0.4, -0.2) is 26.8 Å². The molecule has 24 heavy (non-hydrogen) atoms. The van der Waals surface area contributed by atoms with Crippen molar-refractivity contribution in [1.82, 2.24) is 9.78 Å². The zero-order valence-electron chi connectivity index (χ0n) is 12.6. The Morgan fingerprint density at radius 3 is 2.38 bits per heavy atom. The first-order chi connectivity index (χ1) is 11.2. The minimum atomic E-state index is -4.52. The van der Waals surface area contributed by atoms with Crippen LogP contribution in [0.4, 0.5) is 18.9 Å². The van der Waals surface area contributed by atoms with Crippen molar-refractivity contribution in [3.05, 3.63) is 47.3 Å². The number of amides is 1. The molecule has 0 saturated carbocycles. The summed E-state index contributed by atoms with van der Waals surface area (Å²) in [5.74, 6) is -1.50. The van der Waals surface area contributed by atoms with Gasteiger partial charge in [0.15, 0.2) is 5.69 Å². The summed E-state index contributed by atoms with van der Waals surface area (Å²) in [6.45, 7) is 1.48. The van der Waals surface area contributed by atoms with Crippen LogP contribution >= 0.6 is 0 Å². The lowest BCUT2D eigenvalue weighted by Crippen LogP contribution is -2.16. The Hall–Kier alpha value is -2.84. The molecule has 0 bridgehead atoms. The molecule has 0 saturated heterocycles. The number of anilines is 1. The van der Waals surface area contributed by atoms with Crippen molar-refractivity contribution in [1.29, 1.82) is 0 Å². The lowest BCUT2D eigenvalue weighted by atomic mass is 10.2. The van der Waals surface area contributed by atoms with Crippen LogP contribution in [0.2, 0.25) is 0 Å². The number of nitrogens with one attached hydrogen (secondary N) is 1. The maximum absolute atomic E-state index is 12.6. The van der Waals surface area contributed by atoms with Crippen molar-refractivity contribution in [2.45, 2.75) is 26.1 Å². The number of hydrogen-bond donors (Lipinski definition) is 2. The van der Waals surface area contributed by atoms with Crippen molar-refractivity contribution in [2.75, 3.05) is 5.32 Å². The Morgan fingerprint density at radius 1 is 1.25 bits per heavy atom. The summed E-state index contributed by atoms with van der Waals surface area (Å²) in [7, 11) is 0. The van der Waals surface area contributed by atoms with E-state index < -0.39 is 23.7 Å². The maximum atomic E-state index is 12.6. The molecule has 0 aliphatic carbocycles. The molecule has 0 radical (unpaired) electrons. The highest BCUT2D eigenvalue weighted by Gasteiger charge is 2.34. The molecule has 0 fully saturated rings. The van der Waals surface area contributed by atoms with Crippen LogP contribution in [0.1, 0.15) is 28.2 Å². The van der Waals surface area contributed by atoms with Gasteiger partial charge in [-0.15, -0.1) is 0 Å². The van der Waals surface area contributed by atoms with Crippen molar-refractivity contribution < 1.29 is 27.9 Å². The number of aromatic nitrogens is 2. The average Bonchev–Trinajstić information content (AvgIpc) is 2.87. The van der Waals surface area contributed by atoms with Crippen molar-refractivity contribution in [3.8, 4) is 0 Å². The number of aromatic carboxylic acids is 1. The third kappa shape index (κ3) is 4.34. The molecular formula is C15H14F3N3O3. The summed E-state index contributed by atoms with van der Waals surface area (Å²) in [5.41, 5.74) is -0.205. The number of hydrogen-bond acceptors (Lipinski definition) is 3. The number of aryl methyl sites for hydroxylation is 2. The molecule has 128 valence electrons. The number of carbonyl (C=O) groups excluding carboxylic acids is 1. The highest BCUT2D eigenvalue weighted by Crippen LogP contribution is 2.28. The highest BCUT2D eigenvalue weighted by atomic mass is 19.4. The second-order valence-electron chi connectivity index (χ2n) is 5.07. The van der Waals surface area contributed by atoms with E-state index in [0.717, 1.165) is 10.7 Å². The molecule has 9 heteroatoms. The standard InChI is InChI=1S/C15H14F3N3O3/c1-9-8-12(15(16,17)18)20-21(9)7-6-13(22)19-11-4-2-10(3-5-11)14(23)24/h2-5,8H,6-7H2,1H3,(H,19,22)(H,23,24). The van der Waals surface area contributed by atoms with Gasteiger partial charge in [0.1, 0.15) is 0 Å². The van der Waals surface area contributed by atoms with E-state index >= 15 is 0 Å². The van der Waals surface area contributed by atoms with Crippen LogP contribution in [0, 0.1) is 6.92 Å². The van der Waals surface area contributed by atoms with E-state index in [4.69, 9.17) is 5.11 Å². The van der Waals surface area contributed by atoms with Crippen LogP contribution < -0.4 is 5.32 Å². The molecule has 0 aliphatic heterocycles. The number of benzene rings is 1. The van der Waals surface area contributed by atoms with E-state index in [1.54, 1.807) is 0 Å². The zero-order chi connectivity index (χ0) is 17.9. The van der Waals surface area contributed by atoms with Crippen LogP contribution in [0.25, 0.3) is 0 Å². The Kier molecular flexibility index (Phi) is 4.91. The monoisotopic (exact) mass is 341 g/mol. The van der Waals surface area contributed by atoms with Gasteiger partial charge in [0, 0.05) is 24.3 Å². The van der Waals surface area contributed by atoms with Gasteiger partial charge in [-0.25, -0.2) is 4.79 Å². The molecule has 2 aromatic rings. The minimum absolute atomic E-state index is 0.000949. The van der Waals surface area contributed by atoms with Gasteiger partial charge in [-0.1, -0.05) is 0 Å². The van der Waals surface area contributed by atoms with Gasteiger partial charge < -0.3 is 10.4 Å². The normalized spacial score (nSPS) is 11.3. The summed E-state index contributed by atoms with van der Waals surface area (Å²) in [5, 5.41) is 14.8. The summed E-state index contributed by atoms with van der Waals surface area (Å²) >= 11 is 0. The smallest absolute Gasteiger partial charge is 0.435 e. The van der Waals surface area contributed by atoms with Crippen molar-refractivity contribution in [2.24, 2.45) is 0 Å². The molecule has 0 unspecified atom stereocenters. The second-order valence-corrected chi connectivity index (χ2v) is 5.07. The van der Waals surface area contributed by atoms with Crippen LogP contribution in [-0.2, 0) is 17.5 Å². The maximum Gasteiger partial charge on any atom is 0.435 e. The Labute approximate surface area is 134 Å². The van der Waals surface area contributed by atoms with Gasteiger partial charge >= 0.3 is 12.1 Å². The van der Waals surface area contributed by atoms with Gasteiger partial charge in [-0.2, -0.15) is 18.3 Å². The number of carboxylic acids is 1. The van der Waals surface area contributed by atoms with E-state index in [-0.39, 0.29) is 18.5 Å². The zero-order valence-corrected chi connectivity index (χ0v) is 12.6. The average molecular weight is 341 g/mol. The molecule has 0 spiro atoms. The van der Waals surface area contributed by atoms with Gasteiger partial charge in [-0.3, -0.25) is 9.48 Å². The molecule has 2 N–H and O–H groups in total. The Balaban J connectivity index is 1.94. The fraction of sp³-hybridized carbons (Fsp3) is 0.267. The van der Waals surface area contributed by atoms with Gasteiger partial charge in [-0.05, 0) is 37.3 Å². The van der Waals surface area contributed by atoms with E-state index in [1.165, 1.54) is 31.2 Å². The number of rotatable bonds is 5. The van der Waals surface area contributed by atoms with Crippen molar-refractivity contribution in [3.63, 3.8) is 0 Å². The first-order valence-electron chi connectivity index (χ1n) is 6.91. The molecule has 1 heterocycles. The first kappa shape index (κ1) is 17.5. The van der Waals surface area contributed by atoms with E-state index in [2.05, 4.69) is 10.4 Å². The van der Waals surface area contributed by atoms with E-state index in [0.29, 0.717) is 11.4 Å². The van der Waals surface area contributed by atoms with Crippen molar-refractivity contribution >= 4 is 17.6 Å². The predicted molar refractivity (Wildman–Crippen MR) is 78.6 cm³/mol. The van der Waals surface area contributed by atoms with E-state index in [9.17, 15) is 22.8 Å². The number of alkyl halides is 3. The topological polar surface area (TPSA) is 84.2 Å². The second kappa shape index (κ2) is 6.73. The molecule has 1 aromatic carbocycles. The largest absolute Gasteiger partial charge is 0.478 e. The molecule has 6 nitrogen and oxygen atoms in total. The summed E-state index contributed by atoms with van der Waals surface area (Å²) in [4.78, 5) is 22.5. The SMILES string of the molecule is Cc1cc(C(F)(F)F)nn1CCC(=O)Nc1ccc(C(=O)O)cc1. The summed E-state index contributed by atoms with van der Waals surface area (Å²) in [6, 6.07) is 6.46. The number of nitrogens with zero attached hydrogens (tertiary/aromatic N) is 2. The molecule has 0 atom stereocenters. The Bertz CT molecular complexity index is 752. The fourth-order valence-corrected chi connectivity index (χ4v) is 2.00. The third-order valence-corrected chi connectivity index (χ3v) is 3.24. The molecule has 0 aliphatic rings. The lowest BCUT2D eigenvalue weighted by molar-refractivity contribution is -0.141. The molecule has 1 aromatic heterocycles. The van der Waals surface area contributed by atoms with E-state index in [1.807, 2.05) is 0 Å². The van der Waals surface area contributed by atoms with Gasteiger partial charge in [0.05, 0.1) is 5.56 Å². The number of carboxylic acid groups (broad SMARTS) is 1. The summed E-state index contributed by atoms with van der Waals surface area (Å²) in [6.07, 6.45) is -4.59. The summed E-state index contributed by atoms with van der Waals surface area (Å²) < 4.78 is 38.8. The minimum Gasteiger partial charge on any atom is -0.478 e. The van der Waals surface area contributed by atoms with Crippen LogP contribution in [0.15, 0.2) is 30.3 Å². The molecule has 2 rings (SSSR count). The Morgan fingerprint density at radius 2 is 1.88 bits per heavy atom. The lowest BCUT2D eigenvalue weighted by Gasteiger charge is -2.07. The van der Waals surface area contributed by atoms with Crippen LogP contribution in [0.3, 0.4) is 0 Å². The predicted octanol–water partition coefficient (Wildman–Crippen LogP) is 2.94. The highest BCUT2D eigenvalue weighted by molar-refractivity contribution is 5.92. The number of carbonyl (C=O) groups is 2. The molecule has 1 amide bonds. The first-order valence-corrected chi connectivity index (χ1v) is 6.91. The van der Waals surface area contributed by atoms with Gasteiger partial charge in [0.2, 0.25) is 5.91 Å².